The summed E-state index contributed by atoms with van der Waals surface area (Å²) in [6.07, 6.45) is 0. The lowest BCUT2D eigenvalue weighted by atomic mass is 10.1. The first kappa shape index (κ1) is 14.8. The van der Waals surface area contributed by atoms with Gasteiger partial charge in [-0.2, -0.15) is 0 Å². The summed E-state index contributed by atoms with van der Waals surface area (Å²) in [6, 6.07) is 9.49. The van der Waals surface area contributed by atoms with Crippen molar-refractivity contribution >= 4 is 11.4 Å². The van der Waals surface area contributed by atoms with E-state index in [1.807, 2.05) is 13.8 Å². The number of nitro groups is 1. The Bertz CT molecular complexity index is 735. The molecule has 0 amide bonds. The summed E-state index contributed by atoms with van der Waals surface area (Å²) in [7, 11) is 0. The molecule has 1 heterocycles. The highest BCUT2D eigenvalue weighted by molar-refractivity contribution is 5.64. The zero-order chi connectivity index (χ0) is 15.6. The Balaban J connectivity index is 2.63. The highest BCUT2D eigenvalue weighted by Crippen LogP contribution is 2.24. The van der Waals surface area contributed by atoms with E-state index < -0.39 is 4.92 Å². The van der Waals surface area contributed by atoms with E-state index in [0.717, 1.165) is 0 Å². The molecule has 6 nitrogen and oxygen atoms in total. The molecule has 21 heavy (non-hydrogen) atoms. The Morgan fingerprint density at radius 3 is 2.62 bits per heavy atom. The van der Waals surface area contributed by atoms with Crippen LogP contribution in [0.2, 0.25) is 0 Å². The molecule has 110 valence electrons. The van der Waals surface area contributed by atoms with E-state index in [1.165, 1.54) is 18.2 Å². The molecule has 0 fully saturated rings. The lowest BCUT2D eigenvalue weighted by Crippen LogP contribution is -2.26. The van der Waals surface area contributed by atoms with Crippen LogP contribution in [0.1, 0.15) is 13.8 Å². The van der Waals surface area contributed by atoms with Gasteiger partial charge >= 0.3 is 0 Å². The molecule has 0 spiro atoms. The van der Waals surface area contributed by atoms with Crippen LogP contribution in [-0.2, 0) is 6.54 Å². The predicted molar refractivity (Wildman–Crippen MR) is 82.0 cm³/mol. The van der Waals surface area contributed by atoms with E-state index in [4.69, 9.17) is 5.73 Å². The number of nitrogens with two attached hydrogens (primary N) is 1. The predicted octanol–water partition coefficient (Wildman–Crippen LogP) is 2.66. The van der Waals surface area contributed by atoms with Crippen LogP contribution >= 0.6 is 0 Å². The maximum atomic E-state index is 12.2. The highest BCUT2D eigenvalue weighted by Gasteiger charge is 2.13. The van der Waals surface area contributed by atoms with Crippen LogP contribution < -0.4 is 11.3 Å². The minimum absolute atomic E-state index is 0.00660. The number of non-ortho nitro benzene ring substituents is 1. The van der Waals surface area contributed by atoms with Crippen molar-refractivity contribution in [3.05, 3.63) is 56.9 Å². The molecule has 0 radical (unpaired) electrons. The normalized spacial score (nSPS) is 10.8. The first-order chi connectivity index (χ1) is 9.90. The average Bonchev–Trinajstić information content (AvgIpc) is 2.44. The topological polar surface area (TPSA) is 91.2 Å². The van der Waals surface area contributed by atoms with Crippen LogP contribution in [0.3, 0.4) is 0 Å². The summed E-state index contributed by atoms with van der Waals surface area (Å²) in [4.78, 5) is 22.7. The van der Waals surface area contributed by atoms with Gasteiger partial charge in [0.2, 0.25) is 0 Å². The molecule has 1 aromatic heterocycles. The Hall–Kier alpha value is -2.63. The molecule has 2 rings (SSSR count). The largest absolute Gasteiger partial charge is 0.394 e. The quantitative estimate of drug-likeness (QED) is 0.691. The zero-order valence-electron chi connectivity index (χ0n) is 11.9. The molecule has 0 aliphatic carbocycles. The van der Waals surface area contributed by atoms with Gasteiger partial charge in [-0.25, -0.2) is 0 Å². The van der Waals surface area contributed by atoms with Gasteiger partial charge in [0, 0.05) is 24.2 Å². The summed E-state index contributed by atoms with van der Waals surface area (Å²) < 4.78 is 1.57. The van der Waals surface area contributed by atoms with E-state index in [2.05, 4.69) is 0 Å². The van der Waals surface area contributed by atoms with Crippen molar-refractivity contribution in [1.29, 1.82) is 0 Å². The number of hydrogen-bond donors (Lipinski definition) is 1. The number of nitrogen functional groups attached to an aromatic ring is 1. The third kappa shape index (κ3) is 3.10. The lowest BCUT2D eigenvalue weighted by Gasteiger charge is -2.15. The number of hydrogen-bond acceptors (Lipinski definition) is 4. The van der Waals surface area contributed by atoms with Crippen molar-refractivity contribution < 1.29 is 4.92 Å². The smallest absolute Gasteiger partial charge is 0.274 e. The molecule has 0 aliphatic rings. The van der Waals surface area contributed by atoms with Gasteiger partial charge in [-0.15, -0.1) is 0 Å². The van der Waals surface area contributed by atoms with Crippen molar-refractivity contribution in [2.45, 2.75) is 20.4 Å². The van der Waals surface area contributed by atoms with Crippen molar-refractivity contribution in [1.82, 2.24) is 4.57 Å². The van der Waals surface area contributed by atoms with Gasteiger partial charge < -0.3 is 10.3 Å². The standard InChI is InChI=1S/C15H17N3O3/c1-10(2)9-17-14(7-6-13(16)15(17)19)11-4-3-5-12(8-11)18(20)21/h3-8,10H,9,16H2,1-2H3. The fraction of sp³-hybridized carbons (Fsp3) is 0.267. The Morgan fingerprint density at radius 1 is 1.29 bits per heavy atom. The monoisotopic (exact) mass is 287 g/mol. The molecule has 1 aromatic carbocycles. The second-order valence-electron chi connectivity index (χ2n) is 5.29. The summed E-state index contributed by atoms with van der Waals surface area (Å²) in [5.74, 6) is 0.252. The van der Waals surface area contributed by atoms with E-state index in [1.54, 1.807) is 22.8 Å². The van der Waals surface area contributed by atoms with Crippen molar-refractivity contribution in [2.24, 2.45) is 5.92 Å². The van der Waals surface area contributed by atoms with E-state index in [9.17, 15) is 14.9 Å². The molecular formula is C15H17N3O3. The Labute approximate surface area is 122 Å². The van der Waals surface area contributed by atoms with Gasteiger partial charge in [0.05, 0.1) is 16.3 Å². The molecule has 0 bridgehead atoms. The fourth-order valence-electron chi connectivity index (χ4n) is 2.17. The second-order valence-corrected chi connectivity index (χ2v) is 5.29. The maximum absolute atomic E-state index is 12.2. The molecule has 0 aliphatic heterocycles. The molecule has 0 saturated heterocycles. The van der Waals surface area contributed by atoms with Gasteiger partial charge in [-0.1, -0.05) is 26.0 Å². The van der Waals surface area contributed by atoms with Gasteiger partial charge in [0.25, 0.3) is 11.2 Å². The van der Waals surface area contributed by atoms with Crippen LogP contribution in [0, 0.1) is 16.0 Å². The molecule has 2 aromatic rings. The third-order valence-corrected chi connectivity index (χ3v) is 3.10. The number of nitro benzene ring substituents is 1. The number of benzene rings is 1. The fourth-order valence-corrected chi connectivity index (χ4v) is 2.17. The number of aromatic nitrogens is 1. The first-order valence-electron chi connectivity index (χ1n) is 6.64. The molecule has 0 atom stereocenters. The summed E-state index contributed by atoms with van der Waals surface area (Å²) >= 11 is 0. The number of nitrogens with zero attached hydrogens (tertiary/aromatic N) is 2. The molecular weight excluding hydrogens is 270 g/mol. The summed E-state index contributed by atoms with van der Waals surface area (Å²) in [5, 5.41) is 10.9. The summed E-state index contributed by atoms with van der Waals surface area (Å²) in [5.41, 5.74) is 6.83. The molecule has 6 heteroatoms. The van der Waals surface area contributed by atoms with Crippen molar-refractivity contribution in [2.75, 3.05) is 5.73 Å². The van der Waals surface area contributed by atoms with E-state index >= 15 is 0 Å². The minimum atomic E-state index is -0.453. The Kier molecular flexibility index (Phi) is 4.07. The van der Waals surface area contributed by atoms with Crippen LogP contribution in [0.15, 0.2) is 41.2 Å². The summed E-state index contributed by atoms with van der Waals surface area (Å²) in [6.45, 7) is 4.49. The minimum Gasteiger partial charge on any atom is -0.394 e. The van der Waals surface area contributed by atoms with Crippen LogP contribution in [0.5, 0.6) is 0 Å². The van der Waals surface area contributed by atoms with Crippen LogP contribution in [0.25, 0.3) is 11.3 Å². The average molecular weight is 287 g/mol. The van der Waals surface area contributed by atoms with Crippen LogP contribution in [0.4, 0.5) is 11.4 Å². The number of pyridine rings is 1. The third-order valence-electron chi connectivity index (χ3n) is 3.10. The maximum Gasteiger partial charge on any atom is 0.274 e. The van der Waals surface area contributed by atoms with E-state index in [0.29, 0.717) is 17.8 Å². The van der Waals surface area contributed by atoms with Gasteiger partial charge in [0.1, 0.15) is 0 Å². The Morgan fingerprint density at radius 2 is 2.00 bits per heavy atom. The lowest BCUT2D eigenvalue weighted by molar-refractivity contribution is -0.384. The van der Waals surface area contributed by atoms with Gasteiger partial charge in [-0.05, 0) is 18.1 Å². The molecule has 0 unspecified atom stereocenters. The van der Waals surface area contributed by atoms with E-state index in [-0.39, 0.29) is 22.9 Å². The molecule has 2 N–H and O–H groups in total. The van der Waals surface area contributed by atoms with Crippen molar-refractivity contribution in [3.63, 3.8) is 0 Å². The second kappa shape index (κ2) is 5.78. The van der Waals surface area contributed by atoms with Gasteiger partial charge in [-0.3, -0.25) is 14.9 Å². The zero-order valence-corrected chi connectivity index (χ0v) is 11.9. The van der Waals surface area contributed by atoms with Crippen LogP contribution in [-0.4, -0.2) is 9.49 Å². The number of rotatable bonds is 4. The number of anilines is 1. The molecule has 0 saturated carbocycles. The van der Waals surface area contributed by atoms with Gasteiger partial charge in [0.15, 0.2) is 0 Å². The van der Waals surface area contributed by atoms with Crippen molar-refractivity contribution in [3.8, 4) is 11.3 Å². The SMILES string of the molecule is CC(C)Cn1c(-c2cccc([N+](=O)[O-])c2)ccc(N)c1=O. The first-order valence-corrected chi connectivity index (χ1v) is 6.64. The highest BCUT2D eigenvalue weighted by atomic mass is 16.6.